The van der Waals surface area contributed by atoms with Gasteiger partial charge in [0.1, 0.15) is 5.69 Å². The van der Waals surface area contributed by atoms with Crippen LogP contribution in [-0.4, -0.2) is 23.4 Å². The molecule has 0 saturated carbocycles. The van der Waals surface area contributed by atoms with Gasteiger partial charge in [-0.15, -0.1) is 0 Å². The molecule has 0 spiro atoms. The second kappa shape index (κ2) is 7.29. The van der Waals surface area contributed by atoms with Gasteiger partial charge in [0.25, 0.3) is 0 Å². The number of nitrogens with one attached hydrogen (secondary N) is 1. The second-order valence-electron chi connectivity index (χ2n) is 4.77. The van der Waals surface area contributed by atoms with Crippen LogP contribution in [0.15, 0.2) is 28.9 Å². The van der Waals surface area contributed by atoms with Crippen LogP contribution >= 0.6 is 27.5 Å². The van der Waals surface area contributed by atoms with Crippen LogP contribution in [0.3, 0.4) is 0 Å². The zero-order chi connectivity index (χ0) is 15.4. The Morgan fingerprint density at radius 2 is 2.24 bits per heavy atom. The molecule has 4 nitrogen and oxygen atoms in total. The monoisotopic (exact) mass is 371 g/mol. The van der Waals surface area contributed by atoms with Crippen molar-refractivity contribution in [2.45, 2.75) is 19.4 Å². The van der Waals surface area contributed by atoms with E-state index in [4.69, 9.17) is 16.3 Å². The Kier molecular flexibility index (Phi) is 5.67. The number of hydrogen-bond donors (Lipinski definition) is 1. The van der Waals surface area contributed by atoms with Gasteiger partial charge < -0.3 is 10.1 Å². The lowest BCUT2D eigenvalue weighted by atomic mass is 10.0. The van der Waals surface area contributed by atoms with Crippen molar-refractivity contribution in [3.63, 3.8) is 0 Å². The molecule has 1 unspecified atom stereocenters. The van der Waals surface area contributed by atoms with Crippen molar-refractivity contribution in [1.29, 1.82) is 0 Å². The lowest BCUT2D eigenvalue weighted by Gasteiger charge is -2.21. The number of ether oxygens (including phenoxy) is 1. The standard InChI is InChI=1S/C15H19BrClN3O/c1-4-7-18-14(11-6-5-10(16)8-12(11)17)15-13(21-3)9-19-20(15)2/h5-6,8-9,14,18H,4,7H2,1-3H3. The van der Waals surface area contributed by atoms with E-state index in [2.05, 4.69) is 33.3 Å². The van der Waals surface area contributed by atoms with Crippen LogP contribution in [0.4, 0.5) is 0 Å². The van der Waals surface area contributed by atoms with Crippen molar-refractivity contribution in [2.75, 3.05) is 13.7 Å². The molecule has 1 atom stereocenters. The van der Waals surface area contributed by atoms with E-state index in [0.29, 0.717) is 5.02 Å². The molecule has 0 radical (unpaired) electrons. The molecule has 2 rings (SSSR count). The summed E-state index contributed by atoms with van der Waals surface area (Å²) in [4.78, 5) is 0. The van der Waals surface area contributed by atoms with Gasteiger partial charge in [0.05, 0.1) is 19.3 Å². The summed E-state index contributed by atoms with van der Waals surface area (Å²) in [6, 6.07) is 5.85. The molecule has 1 N–H and O–H groups in total. The fourth-order valence-electron chi connectivity index (χ4n) is 2.29. The molecular weight excluding hydrogens is 354 g/mol. The summed E-state index contributed by atoms with van der Waals surface area (Å²) in [6.45, 7) is 3.01. The predicted octanol–water partition coefficient (Wildman–Crippen LogP) is 3.93. The maximum atomic E-state index is 6.43. The Hall–Kier alpha value is -1.04. The van der Waals surface area contributed by atoms with Crippen LogP contribution in [0.25, 0.3) is 0 Å². The van der Waals surface area contributed by atoms with E-state index in [-0.39, 0.29) is 6.04 Å². The highest BCUT2D eigenvalue weighted by Gasteiger charge is 2.24. The number of benzene rings is 1. The second-order valence-corrected chi connectivity index (χ2v) is 6.10. The largest absolute Gasteiger partial charge is 0.493 e. The quantitative estimate of drug-likeness (QED) is 0.835. The minimum atomic E-state index is -0.0620. The van der Waals surface area contributed by atoms with Gasteiger partial charge in [-0.1, -0.05) is 40.5 Å². The number of halogens is 2. The fourth-order valence-corrected chi connectivity index (χ4v) is 3.07. The number of aromatic nitrogens is 2. The highest BCUT2D eigenvalue weighted by atomic mass is 79.9. The summed E-state index contributed by atoms with van der Waals surface area (Å²) in [6.07, 6.45) is 2.76. The Morgan fingerprint density at radius 3 is 2.86 bits per heavy atom. The van der Waals surface area contributed by atoms with Crippen LogP contribution < -0.4 is 10.1 Å². The number of nitrogens with zero attached hydrogens (tertiary/aromatic N) is 2. The molecule has 0 saturated heterocycles. The van der Waals surface area contributed by atoms with Gasteiger partial charge in [0.2, 0.25) is 0 Å². The summed E-state index contributed by atoms with van der Waals surface area (Å²) in [5.41, 5.74) is 1.98. The summed E-state index contributed by atoms with van der Waals surface area (Å²) in [7, 11) is 3.56. The molecule has 0 fully saturated rings. The van der Waals surface area contributed by atoms with E-state index < -0.39 is 0 Å². The first kappa shape index (κ1) is 16.3. The first-order valence-corrected chi connectivity index (χ1v) is 7.99. The van der Waals surface area contributed by atoms with Crippen molar-refractivity contribution in [1.82, 2.24) is 15.1 Å². The Bertz CT molecular complexity index is 615. The summed E-state index contributed by atoms with van der Waals surface area (Å²) < 4.78 is 8.22. The molecule has 0 aliphatic rings. The van der Waals surface area contributed by atoms with Crippen LogP contribution in [0.5, 0.6) is 5.75 Å². The average Bonchev–Trinajstić information content (AvgIpc) is 2.82. The minimum Gasteiger partial charge on any atom is -0.493 e. The summed E-state index contributed by atoms with van der Waals surface area (Å²) in [5.74, 6) is 0.755. The lowest BCUT2D eigenvalue weighted by Crippen LogP contribution is -2.26. The molecule has 0 aliphatic carbocycles. The third kappa shape index (κ3) is 3.59. The van der Waals surface area contributed by atoms with Crippen LogP contribution in [-0.2, 0) is 7.05 Å². The lowest BCUT2D eigenvalue weighted by molar-refractivity contribution is 0.400. The van der Waals surface area contributed by atoms with E-state index in [9.17, 15) is 0 Å². The highest BCUT2D eigenvalue weighted by Crippen LogP contribution is 2.34. The van der Waals surface area contributed by atoms with Crippen molar-refractivity contribution in [3.05, 3.63) is 45.1 Å². The van der Waals surface area contributed by atoms with E-state index in [1.807, 2.05) is 29.9 Å². The van der Waals surface area contributed by atoms with Gasteiger partial charge in [-0.2, -0.15) is 5.10 Å². The highest BCUT2D eigenvalue weighted by molar-refractivity contribution is 9.10. The molecule has 21 heavy (non-hydrogen) atoms. The maximum Gasteiger partial charge on any atom is 0.161 e. The Labute approximate surface area is 138 Å². The maximum absolute atomic E-state index is 6.43. The van der Waals surface area contributed by atoms with Crippen molar-refractivity contribution in [2.24, 2.45) is 7.05 Å². The number of methoxy groups -OCH3 is 1. The molecule has 0 amide bonds. The molecule has 0 bridgehead atoms. The van der Waals surface area contributed by atoms with Gasteiger partial charge in [-0.25, -0.2) is 0 Å². The SMILES string of the molecule is CCCNC(c1ccc(Br)cc1Cl)c1c(OC)cnn1C. The van der Waals surface area contributed by atoms with E-state index >= 15 is 0 Å². The van der Waals surface area contributed by atoms with Gasteiger partial charge >= 0.3 is 0 Å². The van der Waals surface area contributed by atoms with E-state index in [0.717, 1.165) is 34.4 Å². The first-order chi connectivity index (χ1) is 10.1. The van der Waals surface area contributed by atoms with Gasteiger partial charge in [-0.3, -0.25) is 4.68 Å². The number of hydrogen-bond acceptors (Lipinski definition) is 3. The predicted molar refractivity (Wildman–Crippen MR) is 89.0 cm³/mol. The van der Waals surface area contributed by atoms with E-state index in [1.54, 1.807) is 13.3 Å². The van der Waals surface area contributed by atoms with Crippen molar-refractivity contribution in [3.8, 4) is 5.75 Å². The zero-order valence-electron chi connectivity index (χ0n) is 12.4. The van der Waals surface area contributed by atoms with Crippen molar-refractivity contribution < 1.29 is 4.74 Å². The molecule has 0 aliphatic heterocycles. The van der Waals surface area contributed by atoms with E-state index in [1.165, 1.54) is 0 Å². The topological polar surface area (TPSA) is 39.1 Å². The van der Waals surface area contributed by atoms with Crippen molar-refractivity contribution >= 4 is 27.5 Å². The Balaban J connectivity index is 2.49. The first-order valence-electron chi connectivity index (χ1n) is 6.82. The molecular formula is C15H19BrClN3O. The fraction of sp³-hybridized carbons (Fsp3) is 0.400. The summed E-state index contributed by atoms with van der Waals surface area (Å²) >= 11 is 9.87. The third-order valence-corrected chi connectivity index (χ3v) is 4.14. The number of rotatable bonds is 6. The molecule has 1 heterocycles. The normalized spacial score (nSPS) is 12.4. The smallest absolute Gasteiger partial charge is 0.161 e. The molecule has 1 aromatic heterocycles. The molecule has 114 valence electrons. The third-order valence-electron chi connectivity index (χ3n) is 3.31. The zero-order valence-corrected chi connectivity index (χ0v) is 14.7. The molecule has 6 heteroatoms. The van der Waals surface area contributed by atoms with Crippen LogP contribution in [0.2, 0.25) is 5.02 Å². The van der Waals surface area contributed by atoms with Crippen LogP contribution in [0, 0.1) is 0 Å². The van der Waals surface area contributed by atoms with Gasteiger partial charge in [0, 0.05) is 16.5 Å². The number of aryl methyl sites for hydroxylation is 1. The van der Waals surface area contributed by atoms with Crippen LogP contribution in [0.1, 0.15) is 30.6 Å². The Morgan fingerprint density at radius 1 is 1.48 bits per heavy atom. The average molecular weight is 373 g/mol. The molecule has 1 aromatic carbocycles. The summed E-state index contributed by atoms with van der Waals surface area (Å²) in [5, 5.41) is 8.52. The van der Waals surface area contributed by atoms with Gasteiger partial charge in [-0.05, 0) is 30.7 Å². The van der Waals surface area contributed by atoms with Gasteiger partial charge in [0.15, 0.2) is 5.75 Å². The minimum absolute atomic E-state index is 0.0620. The molecule has 2 aromatic rings.